The summed E-state index contributed by atoms with van der Waals surface area (Å²) in [5.74, 6) is 0. The molecule has 19 heavy (non-hydrogen) atoms. The van der Waals surface area contributed by atoms with Gasteiger partial charge >= 0.3 is 0 Å². The van der Waals surface area contributed by atoms with Crippen molar-refractivity contribution in [2.24, 2.45) is 0 Å². The maximum Gasteiger partial charge on any atom is 0.115 e. The van der Waals surface area contributed by atoms with Gasteiger partial charge in [0.15, 0.2) is 0 Å². The first-order chi connectivity index (χ1) is 9.42. The Morgan fingerprint density at radius 1 is 0.895 bits per heavy atom. The van der Waals surface area contributed by atoms with E-state index in [1.807, 2.05) is 24.8 Å². The summed E-state index contributed by atoms with van der Waals surface area (Å²) >= 11 is 0. The van der Waals surface area contributed by atoms with Crippen molar-refractivity contribution in [3.8, 4) is 0 Å². The highest BCUT2D eigenvalue weighted by molar-refractivity contribution is 5.44. The first kappa shape index (κ1) is 12.0. The van der Waals surface area contributed by atoms with Crippen LogP contribution in [0.3, 0.4) is 0 Å². The van der Waals surface area contributed by atoms with Crippen LogP contribution in [-0.4, -0.2) is 46.0 Å². The van der Waals surface area contributed by atoms with Crippen molar-refractivity contribution >= 4 is 5.69 Å². The van der Waals surface area contributed by atoms with E-state index in [0.29, 0.717) is 0 Å². The van der Waals surface area contributed by atoms with Crippen LogP contribution in [0.2, 0.25) is 0 Å². The number of nitrogens with zero attached hydrogens (tertiary/aromatic N) is 5. The molecule has 1 aliphatic rings. The number of pyridine rings is 1. The van der Waals surface area contributed by atoms with Gasteiger partial charge in [-0.1, -0.05) is 0 Å². The molecule has 0 unspecified atom stereocenters. The molecule has 0 aromatic carbocycles. The predicted molar refractivity (Wildman–Crippen MR) is 73.8 cm³/mol. The molecule has 5 heteroatoms. The second-order valence-corrected chi connectivity index (χ2v) is 4.72. The molecule has 3 rings (SSSR count). The molecule has 0 amide bonds. The molecular formula is C14H17N5. The lowest BCUT2D eigenvalue weighted by Gasteiger charge is -2.35. The van der Waals surface area contributed by atoms with Crippen LogP contribution in [0.5, 0.6) is 0 Å². The SMILES string of the molecule is c1cc(N2CCN(Cc3cncnc3)CC2)ccn1. The van der Waals surface area contributed by atoms with E-state index in [2.05, 4.69) is 36.9 Å². The van der Waals surface area contributed by atoms with E-state index in [9.17, 15) is 0 Å². The van der Waals surface area contributed by atoms with Crippen molar-refractivity contribution in [2.45, 2.75) is 6.54 Å². The Kier molecular flexibility index (Phi) is 3.65. The Balaban J connectivity index is 1.55. The molecule has 0 radical (unpaired) electrons. The third-order valence-corrected chi connectivity index (χ3v) is 3.42. The molecule has 0 aliphatic carbocycles. The molecule has 0 atom stereocenters. The summed E-state index contributed by atoms with van der Waals surface area (Å²) in [7, 11) is 0. The molecule has 1 fully saturated rings. The van der Waals surface area contributed by atoms with Gasteiger partial charge in [-0.05, 0) is 12.1 Å². The molecule has 0 bridgehead atoms. The van der Waals surface area contributed by atoms with Gasteiger partial charge in [0.2, 0.25) is 0 Å². The van der Waals surface area contributed by atoms with Crippen molar-refractivity contribution in [3.05, 3.63) is 48.8 Å². The average Bonchev–Trinajstić information content (AvgIpc) is 2.50. The Bertz CT molecular complexity index is 494. The largest absolute Gasteiger partial charge is 0.369 e. The van der Waals surface area contributed by atoms with Crippen LogP contribution >= 0.6 is 0 Å². The predicted octanol–water partition coefficient (Wildman–Crippen LogP) is 1.19. The number of hydrogen-bond acceptors (Lipinski definition) is 5. The summed E-state index contributed by atoms with van der Waals surface area (Å²) < 4.78 is 0. The summed E-state index contributed by atoms with van der Waals surface area (Å²) in [6, 6.07) is 4.14. The number of aromatic nitrogens is 3. The van der Waals surface area contributed by atoms with Crippen molar-refractivity contribution < 1.29 is 0 Å². The summed E-state index contributed by atoms with van der Waals surface area (Å²) in [6.07, 6.45) is 9.06. The molecule has 0 spiro atoms. The topological polar surface area (TPSA) is 45.2 Å². The monoisotopic (exact) mass is 255 g/mol. The number of hydrogen-bond donors (Lipinski definition) is 0. The van der Waals surface area contributed by atoms with Crippen LogP contribution in [-0.2, 0) is 6.54 Å². The zero-order valence-corrected chi connectivity index (χ0v) is 10.8. The van der Waals surface area contributed by atoms with E-state index in [4.69, 9.17) is 0 Å². The first-order valence-corrected chi connectivity index (χ1v) is 6.53. The van der Waals surface area contributed by atoms with Gasteiger partial charge in [0.1, 0.15) is 6.33 Å². The third-order valence-electron chi connectivity index (χ3n) is 3.42. The van der Waals surface area contributed by atoms with Crippen molar-refractivity contribution in [3.63, 3.8) is 0 Å². The van der Waals surface area contributed by atoms with Crippen LogP contribution in [0, 0.1) is 0 Å². The molecule has 98 valence electrons. The van der Waals surface area contributed by atoms with Crippen LogP contribution < -0.4 is 4.90 Å². The van der Waals surface area contributed by atoms with Gasteiger partial charge in [0.05, 0.1) is 0 Å². The molecule has 0 N–H and O–H groups in total. The second-order valence-electron chi connectivity index (χ2n) is 4.72. The van der Waals surface area contributed by atoms with E-state index in [0.717, 1.165) is 32.7 Å². The highest BCUT2D eigenvalue weighted by atomic mass is 15.3. The lowest BCUT2D eigenvalue weighted by atomic mass is 10.2. The minimum Gasteiger partial charge on any atom is -0.369 e. The standard InChI is InChI=1S/C14H17N5/c1-3-15-4-2-14(1)19-7-5-18(6-8-19)11-13-9-16-12-17-10-13/h1-4,9-10,12H,5-8,11H2. The zero-order chi connectivity index (χ0) is 12.9. The summed E-state index contributed by atoms with van der Waals surface area (Å²) in [4.78, 5) is 17.0. The lowest BCUT2D eigenvalue weighted by Crippen LogP contribution is -2.45. The summed E-state index contributed by atoms with van der Waals surface area (Å²) in [6.45, 7) is 5.18. The van der Waals surface area contributed by atoms with Crippen LogP contribution in [0.1, 0.15) is 5.56 Å². The molecule has 2 aromatic heterocycles. The van der Waals surface area contributed by atoms with Gasteiger partial charge in [0, 0.05) is 68.8 Å². The number of anilines is 1. The Morgan fingerprint density at radius 3 is 2.26 bits per heavy atom. The van der Waals surface area contributed by atoms with E-state index < -0.39 is 0 Å². The normalized spacial score (nSPS) is 16.5. The molecule has 1 aliphatic heterocycles. The summed E-state index contributed by atoms with van der Waals surface area (Å²) in [5.41, 5.74) is 2.44. The van der Waals surface area contributed by atoms with E-state index in [1.54, 1.807) is 6.33 Å². The maximum atomic E-state index is 4.06. The van der Waals surface area contributed by atoms with Gasteiger partial charge in [-0.25, -0.2) is 9.97 Å². The quantitative estimate of drug-likeness (QED) is 0.824. The highest BCUT2D eigenvalue weighted by Crippen LogP contribution is 2.15. The van der Waals surface area contributed by atoms with Crippen molar-refractivity contribution in [1.82, 2.24) is 19.9 Å². The molecule has 5 nitrogen and oxygen atoms in total. The van der Waals surface area contributed by atoms with E-state index >= 15 is 0 Å². The maximum absolute atomic E-state index is 4.06. The molecular weight excluding hydrogens is 238 g/mol. The smallest absolute Gasteiger partial charge is 0.115 e. The zero-order valence-electron chi connectivity index (χ0n) is 10.8. The van der Waals surface area contributed by atoms with Crippen molar-refractivity contribution in [2.75, 3.05) is 31.1 Å². The van der Waals surface area contributed by atoms with Crippen LogP contribution in [0.4, 0.5) is 5.69 Å². The second kappa shape index (κ2) is 5.75. The number of rotatable bonds is 3. The fourth-order valence-electron chi connectivity index (χ4n) is 2.39. The van der Waals surface area contributed by atoms with Crippen molar-refractivity contribution in [1.29, 1.82) is 0 Å². The van der Waals surface area contributed by atoms with Gasteiger partial charge in [-0.2, -0.15) is 0 Å². The Hall–Kier alpha value is -2.01. The van der Waals surface area contributed by atoms with E-state index in [-0.39, 0.29) is 0 Å². The fraction of sp³-hybridized carbons (Fsp3) is 0.357. The molecule has 0 saturated carbocycles. The summed E-state index contributed by atoms with van der Waals surface area (Å²) in [5, 5.41) is 0. The molecule has 1 saturated heterocycles. The van der Waals surface area contributed by atoms with Crippen LogP contribution in [0.25, 0.3) is 0 Å². The van der Waals surface area contributed by atoms with Crippen LogP contribution in [0.15, 0.2) is 43.2 Å². The molecule has 3 heterocycles. The van der Waals surface area contributed by atoms with Gasteiger partial charge in [0.25, 0.3) is 0 Å². The minimum absolute atomic E-state index is 0.936. The highest BCUT2D eigenvalue weighted by Gasteiger charge is 2.17. The minimum atomic E-state index is 0.936. The van der Waals surface area contributed by atoms with E-state index in [1.165, 1.54) is 11.3 Å². The lowest BCUT2D eigenvalue weighted by molar-refractivity contribution is 0.249. The molecule has 2 aromatic rings. The van der Waals surface area contributed by atoms with Gasteiger partial charge < -0.3 is 4.90 Å². The average molecular weight is 255 g/mol. The number of piperazine rings is 1. The Labute approximate surface area is 112 Å². The fourth-order valence-corrected chi connectivity index (χ4v) is 2.39. The third kappa shape index (κ3) is 3.06. The first-order valence-electron chi connectivity index (χ1n) is 6.53. The van der Waals surface area contributed by atoms with Gasteiger partial charge in [-0.15, -0.1) is 0 Å². The Morgan fingerprint density at radius 2 is 1.58 bits per heavy atom. The van der Waals surface area contributed by atoms with Gasteiger partial charge in [-0.3, -0.25) is 9.88 Å².